The molecule has 31 heavy (non-hydrogen) atoms. The average molecular weight is 417 g/mol. The number of furan rings is 1. The molecule has 2 aromatic heterocycles. The van der Waals surface area contributed by atoms with Crippen molar-refractivity contribution in [2.45, 2.75) is 12.5 Å². The second-order valence-corrected chi connectivity index (χ2v) is 7.41. The van der Waals surface area contributed by atoms with Gasteiger partial charge in [-0.25, -0.2) is 0 Å². The Bertz CT molecular complexity index is 1270. The van der Waals surface area contributed by atoms with Gasteiger partial charge in [0.15, 0.2) is 5.76 Å². The first-order valence-electron chi connectivity index (χ1n) is 9.84. The highest BCUT2D eigenvalue weighted by molar-refractivity contribution is 5.93. The molecule has 0 spiro atoms. The first-order valence-corrected chi connectivity index (χ1v) is 9.84. The van der Waals surface area contributed by atoms with E-state index in [0.29, 0.717) is 13.0 Å². The molecule has 1 amide bonds. The van der Waals surface area contributed by atoms with Crippen LogP contribution in [-0.4, -0.2) is 34.4 Å². The van der Waals surface area contributed by atoms with E-state index in [1.165, 1.54) is 18.4 Å². The summed E-state index contributed by atoms with van der Waals surface area (Å²) in [7, 11) is 1.63. The van der Waals surface area contributed by atoms with Crippen LogP contribution in [0.25, 0.3) is 10.9 Å². The Kier molecular flexibility index (Phi) is 4.47. The summed E-state index contributed by atoms with van der Waals surface area (Å²) in [6, 6.07) is 15.0. The quantitative estimate of drug-likeness (QED) is 0.390. The zero-order valence-electron chi connectivity index (χ0n) is 16.7. The molecule has 0 saturated heterocycles. The summed E-state index contributed by atoms with van der Waals surface area (Å²) < 4.78 is 10.7. The molecular weight excluding hydrogens is 398 g/mol. The molecule has 0 radical (unpaired) electrons. The predicted octanol–water partition coefficient (Wildman–Crippen LogP) is 4.47. The number of nitro groups is 1. The third-order valence-corrected chi connectivity index (χ3v) is 5.75. The highest BCUT2D eigenvalue weighted by atomic mass is 16.6. The van der Waals surface area contributed by atoms with Crippen LogP contribution in [0.2, 0.25) is 0 Å². The number of rotatable bonds is 4. The van der Waals surface area contributed by atoms with Crippen molar-refractivity contribution >= 4 is 22.5 Å². The zero-order chi connectivity index (χ0) is 21.5. The molecule has 1 aliphatic heterocycles. The van der Waals surface area contributed by atoms with Gasteiger partial charge in [0.25, 0.3) is 11.6 Å². The minimum atomic E-state index is -0.433. The molecule has 5 rings (SSSR count). The SMILES string of the molecule is COc1ccc2[nH]c3c(c2c1)CCN(C(=O)c1ccco1)[C@@H]3c1ccc([N+](=O)[O-])cc1. The number of amides is 1. The lowest BCUT2D eigenvalue weighted by Gasteiger charge is -2.35. The maximum absolute atomic E-state index is 13.2. The van der Waals surface area contributed by atoms with Crippen molar-refractivity contribution in [3.63, 3.8) is 0 Å². The molecule has 3 heterocycles. The second-order valence-electron chi connectivity index (χ2n) is 7.41. The molecule has 0 unspecified atom stereocenters. The second kappa shape index (κ2) is 7.32. The number of nitrogens with one attached hydrogen (secondary N) is 1. The van der Waals surface area contributed by atoms with Crippen molar-refractivity contribution in [2.24, 2.45) is 0 Å². The largest absolute Gasteiger partial charge is 0.497 e. The number of carbonyl (C=O) groups excluding carboxylic acids is 1. The highest BCUT2D eigenvalue weighted by Crippen LogP contribution is 2.40. The van der Waals surface area contributed by atoms with Crippen molar-refractivity contribution in [3.8, 4) is 5.75 Å². The molecule has 1 atom stereocenters. The van der Waals surface area contributed by atoms with Gasteiger partial charge in [-0.15, -0.1) is 0 Å². The van der Waals surface area contributed by atoms with Gasteiger partial charge in [0, 0.05) is 35.3 Å². The van der Waals surface area contributed by atoms with E-state index in [-0.39, 0.29) is 17.4 Å². The summed E-state index contributed by atoms with van der Waals surface area (Å²) in [6.45, 7) is 0.484. The third-order valence-electron chi connectivity index (χ3n) is 5.75. The van der Waals surface area contributed by atoms with Gasteiger partial charge < -0.3 is 19.0 Å². The normalized spacial score (nSPS) is 15.6. The molecular formula is C23H19N3O5. The molecule has 1 N–H and O–H groups in total. The van der Waals surface area contributed by atoms with Crippen LogP contribution < -0.4 is 4.74 Å². The Morgan fingerprint density at radius 3 is 2.71 bits per heavy atom. The minimum Gasteiger partial charge on any atom is -0.497 e. The molecule has 8 nitrogen and oxygen atoms in total. The van der Waals surface area contributed by atoms with E-state index < -0.39 is 11.0 Å². The number of benzene rings is 2. The van der Waals surface area contributed by atoms with Crippen LogP contribution in [-0.2, 0) is 6.42 Å². The molecule has 0 saturated carbocycles. The molecule has 156 valence electrons. The number of carbonyl (C=O) groups is 1. The monoisotopic (exact) mass is 417 g/mol. The molecule has 4 aromatic rings. The smallest absolute Gasteiger partial charge is 0.290 e. The van der Waals surface area contributed by atoms with Crippen LogP contribution in [0.5, 0.6) is 5.75 Å². The number of methoxy groups -OCH3 is 1. The fraction of sp³-hybridized carbons (Fsp3) is 0.174. The summed E-state index contributed by atoms with van der Waals surface area (Å²) in [4.78, 5) is 29.1. The lowest BCUT2D eigenvalue weighted by Crippen LogP contribution is -2.40. The van der Waals surface area contributed by atoms with Gasteiger partial charge in [-0.3, -0.25) is 14.9 Å². The Morgan fingerprint density at radius 1 is 1.23 bits per heavy atom. The molecule has 0 fully saturated rings. The van der Waals surface area contributed by atoms with Crippen LogP contribution in [0.3, 0.4) is 0 Å². The zero-order valence-corrected chi connectivity index (χ0v) is 16.7. The number of nitro benzene ring substituents is 1. The molecule has 1 aliphatic rings. The molecule has 2 aromatic carbocycles. The lowest BCUT2D eigenvalue weighted by molar-refractivity contribution is -0.384. The van der Waals surface area contributed by atoms with Gasteiger partial charge in [0.05, 0.1) is 24.3 Å². The minimum absolute atomic E-state index is 0.00470. The van der Waals surface area contributed by atoms with E-state index in [2.05, 4.69) is 4.98 Å². The molecule has 0 bridgehead atoms. The number of fused-ring (bicyclic) bond motifs is 3. The number of aromatic nitrogens is 1. The van der Waals surface area contributed by atoms with E-state index in [0.717, 1.165) is 33.5 Å². The van der Waals surface area contributed by atoms with Crippen LogP contribution in [0.4, 0.5) is 5.69 Å². The van der Waals surface area contributed by atoms with E-state index in [9.17, 15) is 14.9 Å². The first-order chi connectivity index (χ1) is 15.1. The third kappa shape index (κ3) is 3.13. The fourth-order valence-corrected chi connectivity index (χ4v) is 4.28. The van der Waals surface area contributed by atoms with E-state index >= 15 is 0 Å². The number of H-pyrrole nitrogens is 1. The Labute approximate surface area is 177 Å². The van der Waals surface area contributed by atoms with Gasteiger partial charge in [-0.1, -0.05) is 0 Å². The number of non-ortho nitro benzene ring substituents is 1. The molecule has 0 aliphatic carbocycles. The topological polar surface area (TPSA) is 102 Å². The first kappa shape index (κ1) is 18.9. The number of hydrogen-bond acceptors (Lipinski definition) is 5. The standard InChI is InChI=1S/C23H19N3O5/c1-30-16-8-9-19-18(13-16)17-10-11-25(23(27)20-3-2-12-31-20)22(21(17)24-19)14-4-6-15(7-5-14)26(28)29/h2-9,12-13,22,24H,10-11H2,1H3/t22-/m1/s1. The van der Waals surface area contributed by atoms with Crippen molar-refractivity contribution < 1.29 is 18.9 Å². The fourth-order valence-electron chi connectivity index (χ4n) is 4.28. The highest BCUT2D eigenvalue weighted by Gasteiger charge is 2.36. The maximum atomic E-state index is 13.2. The Morgan fingerprint density at radius 2 is 2.03 bits per heavy atom. The summed E-state index contributed by atoms with van der Waals surface area (Å²) in [5.41, 5.74) is 3.74. The summed E-state index contributed by atoms with van der Waals surface area (Å²) in [6.07, 6.45) is 2.14. The van der Waals surface area contributed by atoms with E-state index in [1.54, 1.807) is 36.3 Å². The van der Waals surface area contributed by atoms with Gasteiger partial charge in [0.1, 0.15) is 5.75 Å². The van der Waals surface area contributed by atoms with Crippen LogP contribution >= 0.6 is 0 Å². The lowest BCUT2D eigenvalue weighted by atomic mass is 9.92. The Hall–Kier alpha value is -4.07. The van der Waals surface area contributed by atoms with Crippen LogP contribution in [0.15, 0.2) is 65.3 Å². The van der Waals surface area contributed by atoms with Crippen molar-refractivity contribution in [1.29, 1.82) is 0 Å². The number of nitrogens with zero attached hydrogens (tertiary/aromatic N) is 2. The summed E-state index contributed by atoms with van der Waals surface area (Å²) in [5, 5.41) is 12.2. The Balaban J connectivity index is 1.66. The van der Waals surface area contributed by atoms with Crippen molar-refractivity contribution in [2.75, 3.05) is 13.7 Å². The number of aromatic amines is 1. The van der Waals surface area contributed by atoms with E-state index in [4.69, 9.17) is 9.15 Å². The van der Waals surface area contributed by atoms with Crippen LogP contribution in [0, 0.1) is 10.1 Å². The van der Waals surface area contributed by atoms with Gasteiger partial charge in [-0.2, -0.15) is 0 Å². The predicted molar refractivity (Wildman–Crippen MR) is 113 cm³/mol. The summed E-state index contributed by atoms with van der Waals surface area (Å²) in [5.74, 6) is 0.790. The van der Waals surface area contributed by atoms with E-state index in [1.807, 2.05) is 18.2 Å². The van der Waals surface area contributed by atoms with Gasteiger partial charge >= 0.3 is 0 Å². The number of ether oxygens (including phenoxy) is 1. The summed E-state index contributed by atoms with van der Waals surface area (Å²) >= 11 is 0. The average Bonchev–Trinajstić information content (AvgIpc) is 3.45. The number of hydrogen-bond donors (Lipinski definition) is 1. The van der Waals surface area contributed by atoms with Gasteiger partial charge in [0.2, 0.25) is 0 Å². The van der Waals surface area contributed by atoms with Crippen LogP contribution in [0.1, 0.15) is 33.4 Å². The van der Waals surface area contributed by atoms with Crippen molar-refractivity contribution in [3.05, 3.63) is 93.6 Å². The molecule has 8 heteroatoms. The van der Waals surface area contributed by atoms with Crippen molar-refractivity contribution in [1.82, 2.24) is 9.88 Å². The maximum Gasteiger partial charge on any atom is 0.290 e. The van der Waals surface area contributed by atoms with Gasteiger partial charge in [-0.05, 0) is 60.0 Å².